The molecule has 0 heterocycles. The zero-order valence-corrected chi connectivity index (χ0v) is 9.07. The number of thiol groups is 1. The van der Waals surface area contributed by atoms with E-state index in [1.807, 2.05) is 6.92 Å². The van der Waals surface area contributed by atoms with Crippen LogP contribution in [0.1, 0.15) is 52.4 Å². The Balaban J connectivity index is 3.14. The van der Waals surface area contributed by atoms with Crippen LogP contribution in [0.5, 0.6) is 0 Å². The number of carbonyl (C=O) groups is 1. The van der Waals surface area contributed by atoms with Gasteiger partial charge in [-0.25, -0.2) is 0 Å². The Morgan fingerprint density at radius 3 is 2.33 bits per heavy atom. The van der Waals surface area contributed by atoms with Crippen molar-refractivity contribution in [1.82, 2.24) is 0 Å². The van der Waals surface area contributed by atoms with E-state index in [9.17, 15) is 4.79 Å². The Morgan fingerprint density at radius 1 is 1.25 bits per heavy atom. The molecule has 0 rings (SSSR count). The molecule has 2 heteroatoms. The summed E-state index contributed by atoms with van der Waals surface area (Å²) in [5.74, 6) is 0.148. The summed E-state index contributed by atoms with van der Waals surface area (Å²) in [4.78, 5) is 10.7. The lowest BCUT2D eigenvalue weighted by Gasteiger charge is -2.05. The summed E-state index contributed by atoms with van der Waals surface area (Å²) in [5, 5.41) is 0.0329. The Bertz CT molecular complexity index is 123. The first-order chi connectivity index (χ1) is 5.68. The van der Waals surface area contributed by atoms with Gasteiger partial charge in [-0.3, -0.25) is 4.79 Å². The fourth-order valence-electron chi connectivity index (χ4n) is 1.18. The van der Waals surface area contributed by atoms with Gasteiger partial charge in [0.2, 0.25) is 0 Å². The molecule has 0 aliphatic rings. The van der Waals surface area contributed by atoms with Gasteiger partial charge >= 0.3 is 0 Å². The lowest BCUT2D eigenvalue weighted by atomic mass is 10.0. The summed E-state index contributed by atoms with van der Waals surface area (Å²) in [6.07, 6.45) is 7.35. The second kappa shape index (κ2) is 7.66. The van der Waals surface area contributed by atoms with Crippen molar-refractivity contribution in [2.75, 3.05) is 0 Å². The zero-order chi connectivity index (χ0) is 9.40. The van der Waals surface area contributed by atoms with Gasteiger partial charge < -0.3 is 0 Å². The summed E-state index contributed by atoms with van der Waals surface area (Å²) in [5.41, 5.74) is 0. The van der Waals surface area contributed by atoms with E-state index in [-0.39, 0.29) is 11.0 Å². The quantitative estimate of drug-likeness (QED) is 0.478. The van der Waals surface area contributed by atoms with Crippen molar-refractivity contribution in [2.24, 2.45) is 5.92 Å². The fraction of sp³-hybridized carbons (Fsp3) is 0.900. The van der Waals surface area contributed by atoms with Crippen molar-refractivity contribution in [3.05, 3.63) is 0 Å². The molecule has 12 heavy (non-hydrogen) atoms. The summed E-state index contributed by atoms with van der Waals surface area (Å²) in [7, 11) is 0. The Hall–Kier alpha value is 0.0200. The van der Waals surface area contributed by atoms with E-state index in [1.54, 1.807) is 0 Å². The Morgan fingerprint density at radius 2 is 1.83 bits per heavy atom. The van der Waals surface area contributed by atoms with Gasteiger partial charge in [0.25, 0.3) is 0 Å². The van der Waals surface area contributed by atoms with Gasteiger partial charge in [0.1, 0.15) is 0 Å². The second-order valence-electron chi connectivity index (χ2n) is 3.44. The maximum atomic E-state index is 10.7. The van der Waals surface area contributed by atoms with Crippen LogP contribution in [0, 0.1) is 5.92 Å². The highest BCUT2D eigenvalue weighted by atomic mass is 32.1. The highest BCUT2D eigenvalue weighted by Gasteiger charge is 2.06. The van der Waals surface area contributed by atoms with E-state index in [2.05, 4.69) is 19.6 Å². The van der Waals surface area contributed by atoms with Crippen LogP contribution >= 0.6 is 12.6 Å². The second-order valence-corrected chi connectivity index (χ2v) is 3.88. The standard InChI is InChI=1S/C10H20OS/c1-3-4-5-6-7-8-9(2)10(11)12/h9H,3-8H2,1-2H3,(H,11,12). The lowest BCUT2D eigenvalue weighted by Crippen LogP contribution is -2.03. The minimum Gasteiger partial charge on any atom is -0.287 e. The van der Waals surface area contributed by atoms with Gasteiger partial charge in [-0.05, 0) is 6.42 Å². The summed E-state index contributed by atoms with van der Waals surface area (Å²) in [6, 6.07) is 0. The van der Waals surface area contributed by atoms with Crippen molar-refractivity contribution in [3.63, 3.8) is 0 Å². The van der Waals surface area contributed by atoms with Crippen molar-refractivity contribution >= 4 is 17.7 Å². The van der Waals surface area contributed by atoms with Crippen molar-refractivity contribution in [3.8, 4) is 0 Å². The van der Waals surface area contributed by atoms with Crippen LogP contribution in [-0.2, 0) is 4.79 Å². The Labute approximate surface area is 81.3 Å². The number of unbranched alkanes of at least 4 members (excludes halogenated alkanes) is 4. The molecule has 72 valence electrons. The summed E-state index contributed by atoms with van der Waals surface area (Å²) >= 11 is 3.80. The third kappa shape index (κ3) is 6.71. The fourth-order valence-corrected chi connectivity index (χ4v) is 1.31. The number of rotatable bonds is 7. The molecule has 0 radical (unpaired) electrons. The Kier molecular flexibility index (Phi) is 7.67. The van der Waals surface area contributed by atoms with Crippen LogP contribution in [0.2, 0.25) is 0 Å². The largest absolute Gasteiger partial charge is 0.287 e. The van der Waals surface area contributed by atoms with Crippen molar-refractivity contribution in [1.29, 1.82) is 0 Å². The predicted octanol–water partition coefficient (Wildman–Crippen LogP) is 3.44. The lowest BCUT2D eigenvalue weighted by molar-refractivity contribution is -0.113. The molecule has 0 aliphatic carbocycles. The van der Waals surface area contributed by atoms with Gasteiger partial charge in [-0.1, -0.05) is 46.0 Å². The molecule has 1 atom stereocenters. The maximum absolute atomic E-state index is 10.7. The summed E-state index contributed by atoms with van der Waals surface area (Å²) < 4.78 is 0. The molecule has 0 bridgehead atoms. The molecule has 0 saturated carbocycles. The molecular weight excluding hydrogens is 168 g/mol. The molecule has 0 spiro atoms. The van der Waals surface area contributed by atoms with Crippen molar-refractivity contribution in [2.45, 2.75) is 52.4 Å². The van der Waals surface area contributed by atoms with E-state index in [0.29, 0.717) is 0 Å². The molecule has 0 saturated heterocycles. The van der Waals surface area contributed by atoms with Gasteiger partial charge in [-0.15, -0.1) is 12.6 Å². The van der Waals surface area contributed by atoms with E-state index < -0.39 is 0 Å². The van der Waals surface area contributed by atoms with Gasteiger partial charge in [0.15, 0.2) is 5.12 Å². The first kappa shape index (κ1) is 12.0. The first-order valence-electron chi connectivity index (χ1n) is 4.91. The highest BCUT2D eigenvalue weighted by Crippen LogP contribution is 2.12. The molecule has 1 unspecified atom stereocenters. The van der Waals surface area contributed by atoms with Crippen LogP contribution in [0.4, 0.5) is 0 Å². The molecule has 0 amide bonds. The minimum absolute atomic E-state index is 0.0329. The summed E-state index contributed by atoms with van der Waals surface area (Å²) in [6.45, 7) is 4.16. The third-order valence-corrected chi connectivity index (χ3v) is 2.60. The average Bonchev–Trinajstić information content (AvgIpc) is 2.03. The minimum atomic E-state index is 0.0329. The normalized spacial score (nSPS) is 12.9. The topological polar surface area (TPSA) is 17.1 Å². The van der Waals surface area contributed by atoms with E-state index in [1.165, 1.54) is 32.1 Å². The van der Waals surface area contributed by atoms with Crippen LogP contribution in [0.15, 0.2) is 0 Å². The van der Waals surface area contributed by atoms with E-state index in [4.69, 9.17) is 0 Å². The van der Waals surface area contributed by atoms with E-state index in [0.717, 1.165) is 6.42 Å². The monoisotopic (exact) mass is 188 g/mol. The van der Waals surface area contributed by atoms with Crippen LogP contribution in [0.25, 0.3) is 0 Å². The van der Waals surface area contributed by atoms with E-state index >= 15 is 0 Å². The molecule has 0 aromatic heterocycles. The third-order valence-electron chi connectivity index (χ3n) is 2.16. The number of hydrogen-bond acceptors (Lipinski definition) is 1. The smallest absolute Gasteiger partial charge is 0.188 e. The highest BCUT2D eigenvalue weighted by molar-refractivity contribution is 7.96. The predicted molar refractivity (Wildman–Crippen MR) is 56.5 cm³/mol. The SMILES string of the molecule is CCCCCCCC(C)C(=O)S. The molecule has 0 aromatic rings. The van der Waals surface area contributed by atoms with Crippen LogP contribution < -0.4 is 0 Å². The van der Waals surface area contributed by atoms with Gasteiger partial charge in [0.05, 0.1) is 0 Å². The zero-order valence-electron chi connectivity index (χ0n) is 8.18. The molecule has 0 fully saturated rings. The van der Waals surface area contributed by atoms with Gasteiger partial charge in [-0.2, -0.15) is 0 Å². The van der Waals surface area contributed by atoms with Gasteiger partial charge in [0, 0.05) is 5.92 Å². The first-order valence-corrected chi connectivity index (χ1v) is 5.36. The van der Waals surface area contributed by atoms with Crippen LogP contribution in [-0.4, -0.2) is 5.12 Å². The van der Waals surface area contributed by atoms with Crippen LogP contribution in [0.3, 0.4) is 0 Å². The molecular formula is C10H20OS. The number of carbonyl (C=O) groups excluding carboxylic acids is 1. The number of hydrogen-bond donors (Lipinski definition) is 1. The molecule has 0 N–H and O–H groups in total. The molecule has 0 aliphatic heterocycles. The maximum Gasteiger partial charge on any atom is 0.188 e. The molecule has 0 aromatic carbocycles. The average molecular weight is 188 g/mol. The van der Waals surface area contributed by atoms with Crippen molar-refractivity contribution < 1.29 is 4.79 Å². The molecule has 1 nitrogen and oxygen atoms in total.